The minimum atomic E-state index is -3.62. The standard InChI is InChI=1S/C10H19N3O3S2/c1-10(3-2-8-17-10)9(14)12-4-6-13(7-5-12)18(11,15)16/h2-8H2,1H3,(H2,11,15,16). The molecule has 2 aliphatic heterocycles. The average Bonchev–Trinajstić information content (AvgIpc) is 2.75. The van der Waals surface area contributed by atoms with Crippen LogP contribution in [0.4, 0.5) is 0 Å². The molecule has 2 aliphatic rings. The molecule has 0 bridgehead atoms. The Bertz CT molecular complexity index is 424. The molecule has 18 heavy (non-hydrogen) atoms. The fraction of sp³-hybridized carbons (Fsp3) is 0.900. The summed E-state index contributed by atoms with van der Waals surface area (Å²) in [5.74, 6) is 1.17. The van der Waals surface area contributed by atoms with Gasteiger partial charge in [-0.1, -0.05) is 0 Å². The predicted octanol–water partition coefficient (Wildman–Crippen LogP) is -0.380. The first-order valence-electron chi connectivity index (χ1n) is 6.04. The van der Waals surface area contributed by atoms with Gasteiger partial charge in [0, 0.05) is 26.2 Å². The first kappa shape index (κ1) is 14.1. The van der Waals surface area contributed by atoms with Crippen molar-refractivity contribution in [3.05, 3.63) is 0 Å². The first-order chi connectivity index (χ1) is 8.33. The second-order valence-electron chi connectivity index (χ2n) is 4.92. The Morgan fingerprint density at radius 2 is 1.89 bits per heavy atom. The number of thioether (sulfide) groups is 1. The summed E-state index contributed by atoms with van der Waals surface area (Å²) >= 11 is 1.71. The number of rotatable bonds is 2. The van der Waals surface area contributed by atoms with Crippen molar-refractivity contribution in [1.82, 2.24) is 9.21 Å². The summed E-state index contributed by atoms with van der Waals surface area (Å²) in [5, 5.41) is 5.07. The van der Waals surface area contributed by atoms with Crippen LogP contribution in [0.3, 0.4) is 0 Å². The second-order valence-corrected chi connectivity index (χ2v) is 8.06. The van der Waals surface area contributed by atoms with Crippen LogP contribution in [-0.4, -0.2) is 60.2 Å². The molecule has 104 valence electrons. The van der Waals surface area contributed by atoms with Gasteiger partial charge in [-0.2, -0.15) is 12.7 Å². The Balaban J connectivity index is 1.96. The molecule has 2 saturated heterocycles. The number of carbonyl (C=O) groups excluding carboxylic acids is 1. The van der Waals surface area contributed by atoms with Gasteiger partial charge in [0.2, 0.25) is 5.91 Å². The van der Waals surface area contributed by atoms with Gasteiger partial charge in [-0.15, -0.1) is 11.8 Å². The van der Waals surface area contributed by atoms with Crippen LogP contribution in [0.2, 0.25) is 0 Å². The van der Waals surface area contributed by atoms with Crippen molar-refractivity contribution in [2.75, 3.05) is 31.9 Å². The van der Waals surface area contributed by atoms with Crippen molar-refractivity contribution in [3.63, 3.8) is 0 Å². The molecule has 2 rings (SSSR count). The smallest absolute Gasteiger partial charge is 0.277 e. The van der Waals surface area contributed by atoms with E-state index < -0.39 is 10.2 Å². The van der Waals surface area contributed by atoms with Gasteiger partial charge in [0.15, 0.2) is 0 Å². The van der Waals surface area contributed by atoms with Crippen molar-refractivity contribution < 1.29 is 13.2 Å². The Hall–Kier alpha value is -0.310. The SMILES string of the molecule is CC1(C(=O)N2CCN(S(N)(=O)=O)CC2)CCCS1. The molecule has 0 aromatic carbocycles. The van der Waals surface area contributed by atoms with Crippen LogP contribution in [0.15, 0.2) is 0 Å². The maximum Gasteiger partial charge on any atom is 0.277 e. The molecule has 1 amide bonds. The number of carbonyl (C=O) groups is 1. The molecule has 2 N–H and O–H groups in total. The normalized spacial score (nSPS) is 30.7. The van der Waals surface area contributed by atoms with E-state index in [1.807, 2.05) is 6.92 Å². The lowest BCUT2D eigenvalue weighted by molar-refractivity contribution is -0.134. The molecule has 8 heteroatoms. The van der Waals surface area contributed by atoms with Gasteiger partial charge >= 0.3 is 0 Å². The highest BCUT2D eigenvalue weighted by Gasteiger charge is 2.41. The van der Waals surface area contributed by atoms with Crippen molar-refractivity contribution >= 4 is 27.9 Å². The lowest BCUT2D eigenvalue weighted by atomic mass is 10.0. The van der Waals surface area contributed by atoms with Crippen LogP contribution in [0, 0.1) is 0 Å². The van der Waals surface area contributed by atoms with Crippen molar-refractivity contribution in [3.8, 4) is 0 Å². The number of piperazine rings is 1. The third-order valence-corrected chi connectivity index (χ3v) is 6.15. The Morgan fingerprint density at radius 1 is 1.28 bits per heavy atom. The van der Waals surface area contributed by atoms with E-state index in [9.17, 15) is 13.2 Å². The third kappa shape index (κ3) is 2.81. The topological polar surface area (TPSA) is 83.7 Å². The summed E-state index contributed by atoms with van der Waals surface area (Å²) in [6.45, 7) is 3.45. The van der Waals surface area contributed by atoms with E-state index in [2.05, 4.69) is 0 Å². The van der Waals surface area contributed by atoms with E-state index in [-0.39, 0.29) is 10.7 Å². The summed E-state index contributed by atoms with van der Waals surface area (Å²) in [6, 6.07) is 0. The number of nitrogens with zero attached hydrogens (tertiary/aromatic N) is 2. The minimum absolute atomic E-state index is 0.138. The minimum Gasteiger partial charge on any atom is -0.339 e. The zero-order valence-electron chi connectivity index (χ0n) is 10.5. The Labute approximate surface area is 112 Å². The summed E-state index contributed by atoms with van der Waals surface area (Å²) < 4.78 is 23.3. The van der Waals surface area contributed by atoms with Crippen LogP contribution < -0.4 is 5.14 Å². The van der Waals surface area contributed by atoms with E-state index in [4.69, 9.17) is 5.14 Å². The molecule has 0 aromatic heterocycles. The van der Waals surface area contributed by atoms with E-state index in [0.29, 0.717) is 26.2 Å². The van der Waals surface area contributed by atoms with E-state index in [0.717, 1.165) is 18.6 Å². The molecule has 2 fully saturated rings. The summed E-state index contributed by atoms with van der Waals surface area (Å²) in [4.78, 5) is 14.1. The molecule has 2 heterocycles. The van der Waals surface area contributed by atoms with Gasteiger partial charge < -0.3 is 4.90 Å². The van der Waals surface area contributed by atoms with Crippen LogP contribution in [-0.2, 0) is 15.0 Å². The summed E-state index contributed by atoms with van der Waals surface area (Å²) in [6.07, 6.45) is 1.98. The number of hydrogen-bond donors (Lipinski definition) is 1. The molecular formula is C10H19N3O3S2. The van der Waals surface area contributed by atoms with E-state index >= 15 is 0 Å². The van der Waals surface area contributed by atoms with E-state index in [1.165, 1.54) is 4.31 Å². The van der Waals surface area contributed by atoms with Gasteiger partial charge in [-0.25, -0.2) is 5.14 Å². The molecule has 0 aliphatic carbocycles. The summed E-state index contributed by atoms with van der Waals surface area (Å²) in [7, 11) is -3.62. The molecule has 6 nitrogen and oxygen atoms in total. The van der Waals surface area contributed by atoms with Gasteiger partial charge in [0.05, 0.1) is 4.75 Å². The zero-order valence-corrected chi connectivity index (χ0v) is 12.1. The zero-order chi connectivity index (χ0) is 13.4. The first-order valence-corrected chi connectivity index (χ1v) is 8.53. The maximum absolute atomic E-state index is 12.4. The molecular weight excluding hydrogens is 274 g/mol. The van der Waals surface area contributed by atoms with Crippen LogP contribution >= 0.6 is 11.8 Å². The Morgan fingerprint density at radius 3 is 2.33 bits per heavy atom. The predicted molar refractivity (Wildman–Crippen MR) is 71.4 cm³/mol. The number of amides is 1. The molecule has 0 radical (unpaired) electrons. The molecule has 0 spiro atoms. The largest absolute Gasteiger partial charge is 0.339 e. The maximum atomic E-state index is 12.4. The summed E-state index contributed by atoms with van der Waals surface area (Å²) in [5.41, 5.74) is 0. The quantitative estimate of drug-likeness (QED) is 0.752. The molecule has 0 saturated carbocycles. The third-order valence-electron chi connectivity index (χ3n) is 3.56. The van der Waals surface area contributed by atoms with E-state index in [1.54, 1.807) is 16.7 Å². The van der Waals surface area contributed by atoms with Gasteiger partial charge in [0.1, 0.15) is 0 Å². The van der Waals surface area contributed by atoms with Crippen LogP contribution in [0.25, 0.3) is 0 Å². The van der Waals surface area contributed by atoms with Gasteiger partial charge in [-0.3, -0.25) is 4.79 Å². The van der Waals surface area contributed by atoms with Crippen molar-refractivity contribution in [2.45, 2.75) is 24.5 Å². The fourth-order valence-electron chi connectivity index (χ4n) is 2.43. The monoisotopic (exact) mass is 293 g/mol. The highest BCUT2D eigenvalue weighted by molar-refractivity contribution is 8.01. The second kappa shape index (κ2) is 4.99. The lowest BCUT2D eigenvalue weighted by Crippen LogP contribution is -2.55. The van der Waals surface area contributed by atoms with Crippen molar-refractivity contribution in [2.24, 2.45) is 5.14 Å². The van der Waals surface area contributed by atoms with Gasteiger partial charge in [0.25, 0.3) is 10.2 Å². The lowest BCUT2D eigenvalue weighted by Gasteiger charge is -2.37. The van der Waals surface area contributed by atoms with Gasteiger partial charge in [-0.05, 0) is 25.5 Å². The van der Waals surface area contributed by atoms with Crippen LogP contribution in [0.1, 0.15) is 19.8 Å². The molecule has 1 unspecified atom stereocenters. The number of hydrogen-bond acceptors (Lipinski definition) is 4. The highest BCUT2D eigenvalue weighted by atomic mass is 32.2. The van der Waals surface area contributed by atoms with Crippen molar-refractivity contribution in [1.29, 1.82) is 0 Å². The average molecular weight is 293 g/mol. The highest BCUT2D eigenvalue weighted by Crippen LogP contribution is 2.39. The fourth-order valence-corrected chi connectivity index (χ4v) is 4.38. The number of nitrogens with two attached hydrogens (primary N) is 1. The van der Waals surface area contributed by atoms with Crippen LogP contribution in [0.5, 0.6) is 0 Å². The molecule has 1 atom stereocenters. The molecule has 0 aromatic rings. The Kier molecular flexibility index (Phi) is 3.91.